The molecule has 6 nitrogen and oxygen atoms in total. The normalized spacial score (nSPS) is 16.4. The number of hydrogen-bond acceptors (Lipinski definition) is 6. The van der Waals surface area contributed by atoms with Gasteiger partial charge in [-0.05, 0) is 31.0 Å². The highest BCUT2D eigenvalue weighted by Crippen LogP contribution is 2.24. The van der Waals surface area contributed by atoms with Crippen LogP contribution in [-0.2, 0) is 11.3 Å². The Kier molecular flexibility index (Phi) is 5.34. The van der Waals surface area contributed by atoms with Crippen LogP contribution in [0, 0.1) is 0 Å². The van der Waals surface area contributed by atoms with E-state index >= 15 is 0 Å². The number of fused-ring (bicyclic) bond motifs is 1. The molecule has 0 spiro atoms. The van der Waals surface area contributed by atoms with Crippen LogP contribution >= 0.6 is 0 Å². The van der Waals surface area contributed by atoms with Crippen LogP contribution in [0.25, 0.3) is 10.9 Å². The second-order valence-corrected chi connectivity index (χ2v) is 6.59. The summed E-state index contributed by atoms with van der Waals surface area (Å²) in [5.41, 5.74) is 1.99. The molecule has 0 radical (unpaired) electrons. The van der Waals surface area contributed by atoms with Crippen molar-refractivity contribution in [2.45, 2.75) is 25.5 Å². The van der Waals surface area contributed by atoms with Crippen LogP contribution in [0.15, 0.2) is 48.5 Å². The van der Waals surface area contributed by atoms with Crippen LogP contribution in [0.5, 0.6) is 5.75 Å². The lowest BCUT2D eigenvalue weighted by Crippen LogP contribution is -2.20. The van der Waals surface area contributed by atoms with Gasteiger partial charge in [0.15, 0.2) is 0 Å². The predicted molar refractivity (Wildman–Crippen MR) is 107 cm³/mol. The van der Waals surface area contributed by atoms with Crippen molar-refractivity contribution in [3.05, 3.63) is 54.1 Å². The van der Waals surface area contributed by atoms with Crippen molar-refractivity contribution >= 4 is 22.7 Å². The van der Waals surface area contributed by atoms with Crippen LogP contribution in [0.1, 0.15) is 18.4 Å². The first-order chi connectivity index (χ1) is 13.3. The Morgan fingerprint density at radius 2 is 1.93 bits per heavy atom. The smallest absolute Gasteiger partial charge is 0.225 e. The molecular weight excluding hydrogens is 340 g/mol. The van der Waals surface area contributed by atoms with Gasteiger partial charge in [0.05, 0.1) is 18.7 Å². The number of anilines is 2. The molecule has 27 heavy (non-hydrogen) atoms. The van der Waals surface area contributed by atoms with E-state index < -0.39 is 0 Å². The topological polar surface area (TPSA) is 68.3 Å². The molecular formula is C21H24N4O2. The molecule has 2 heterocycles. The third kappa shape index (κ3) is 4.11. The number of para-hydroxylation sites is 2. The quantitative estimate of drug-likeness (QED) is 0.664. The van der Waals surface area contributed by atoms with Crippen molar-refractivity contribution in [1.82, 2.24) is 9.97 Å². The summed E-state index contributed by atoms with van der Waals surface area (Å²) in [4.78, 5) is 9.35. The number of benzene rings is 2. The SMILES string of the molecule is COc1ccccc1CNc1nc(NCC2CCCO2)nc2ccccc12. The molecule has 1 fully saturated rings. The van der Waals surface area contributed by atoms with E-state index in [0.29, 0.717) is 12.5 Å². The van der Waals surface area contributed by atoms with E-state index in [0.717, 1.165) is 54.0 Å². The molecule has 0 aliphatic carbocycles. The third-order valence-electron chi connectivity index (χ3n) is 4.75. The Morgan fingerprint density at radius 1 is 1.07 bits per heavy atom. The molecule has 140 valence electrons. The fourth-order valence-corrected chi connectivity index (χ4v) is 3.33. The van der Waals surface area contributed by atoms with Gasteiger partial charge in [0.1, 0.15) is 11.6 Å². The van der Waals surface area contributed by atoms with Gasteiger partial charge in [-0.25, -0.2) is 4.98 Å². The zero-order chi connectivity index (χ0) is 18.5. The molecule has 2 aromatic carbocycles. The zero-order valence-corrected chi connectivity index (χ0v) is 15.4. The Bertz CT molecular complexity index is 910. The van der Waals surface area contributed by atoms with E-state index in [2.05, 4.69) is 15.6 Å². The van der Waals surface area contributed by atoms with Crippen LogP contribution < -0.4 is 15.4 Å². The maximum absolute atomic E-state index is 5.68. The zero-order valence-electron chi connectivity index (χ0n) is 15.4. The molecule has 2 N–H and O–H groups in total. The average molecular weight is 364 g/mol. The van der Waals surface area contributed by atoms with Crippen molar-refractivity contribution in [3.63, 3.8) is 0 Å². The minimum absolute atomic E-state index is 0.241. The van der Waals surface area contributed by atoms with Gasteiger partial charge in [0.25, 0.3) is 0 Å². The fourth-order valence-electron chi connectivity index (χ4n) is 3.33. The Morgan fingerprint density at radius 3 is 2.78 bits per heavy atom. The van der Waals surface area contributed by atoms with E-state index in [9.17, 15) is 0 Å². The second kappa shape index (κ2) is 8.22. The van der Waals surface area contributed by atoms with E-state index in [1.54, 1.807) is 7.11 Å². The van der Waals surface area contributed by atoms with E-state index in [-0.39, 0.29) is 6.10 Å². The maximum atomic E-state index is 5.68. The van der Waals surface area contributed by atoms with Gasteiger partial charge in [-0.15, -0.1) is 0 Å². The average Bonchev–Trinajstić information content (AvgIpc) is 3.24. The molecule has 0 bridgehead atoms. The predicted octanol–water partition coefficient (Wildman–Crippen LogP) is 3.84. The van der Waals surface area contributed by atoms with Gasteiger partial charge in [-0.1, -0.05) is 30.3 Å². The number of aromatic nitrogens is 2. The molecule has 0 amide bonds. The summed E-state index contributed by atoms with van der Waals surface area (Å²) in [6.45, 7) is 2.19. The lowest BCUT2D eigenvalue weighted by Gasteiger charge is -2.14. The number of nitrogens with one attached hydrogen (secondary N) is 2. The summed E-state index contributed by atoms with van der Waals surface area (Å²) in [6.07, 6.45) is 2.45. The van der Waals surface area contributed by atoms with E-state index in [1.807, 2.05) is 48.5 Å². The van der Waals surface area contributed by atoms with Gasteiger partial charge < -0.3 is 20.1 Å². The second-order valence-electron chi connectivity index (χ2n) is 6.59. The van der Waals surface area contributed by atoms with Crippen molar-refractivity contribution < 1.29 is 9.47 Å². The summed E-state index contributed by atoms with van der Waals surface area (Å²) in [7, 11) is 1.69. The Balaban J connectivity index is 1.56. The fraction of sp³-hybridized carbons (Fsp3) is 0.333. The van der Waals surface area contributed by atoms with Gasteiger partial charge in [-0.3, -0.25) is 0 Å². The highest BCUT2D eigenvalue weighted by molar-refractivity contribution is 5.90. The Labute approximate surface area is 158 Å². The molecule has 3 aromatic rings. The van der Waals surface area contributed by atoms with Crippen molar-refractivity contribution in [3.8, 4) is 5.75 Å². The van der Waals surface area contributed by atoms with Crippen LogP contribution in [0.3, 0.4) is 0 Å². The van der Waals surface area contributed by atoms with Crippen molar-refractivity contribution in [1.29, 1.82) is 0 Å². The molecule has 4 rings (SSSR count). The Hall–Kier alpha value is -2.86. The number of rotatable bonds is 7. The molecule has 1 saturated heterocycles. The van der Waals surface area contributed by atoms with Crippen LogP contribution in [0.4, 0.5) is 11.8 Å². The minimum Gasteiger partial charge on any atom is -0.496 e. The number of methoxy groups -OCH3 is 1. The van der Waals surface area contributed by atoms with Crippen LogP contribution in [0.2, 0.25) is 0 Å². The van der Waals surface area contributed by atoms with Gasteiger partial charge in [-0.2, -0.15) is 4.98 Å². The van der Waals surface area contributed by atoms with E-state index in [1.165, 1.54) is 0 Å². The summed E-state index contributed by atoms with van der Waals surface area (Å²) >= 11 is 0. The lowest BCUT2D eigenvalue weighted by atomic mass is 10.2. The maximum Gasteiger partial charge on any atom is 0.225 e. The largest absolute Gasteiger partial charge is 0.496 e. The molecule has 1 aliphatic heterocycles. The molecule has 1 unspecified atom stereocenters. The van der Waals surface area contributed by atoms with Gasteiger partial charge in [0, 0.05) is 30.6 Å². The highest BCUT2D eigenvalue weighted by atomic mass is 16.5. The first kappa shape index (κ1) is 17.5. The molecule has 6 heteroatoms. The van der Waals surface area contributed by atoms with E-state index in [4.69, 9.17) is 14.5 Å². The lowest BCUT2D eigenvalue weighted by molar-refractivity contribution is 0.120. The minimum atomic E-state index is 0.241. The van der Waals surface area contributed by atoms with Crippen LogP contribution in [-0.4, -0.2) is 36.3 Å². The molecule has 1 atom stereocenters. The van der Waals surface area contributed by atoms with Crippen molar-refractivity contribution in [2.24, 2.45) is 0 Å². The summed E-state index contributed by atoms with van der Waals surface area (Å²) in [5.74, 6) is 2.29. The summed E-state index contributed by atoms with van der Waals surface area (Å²) in [5, 5.41) is 7.77. The highest BCUT2D eigenvalue weighted by Gasteiger charge is 2.16. The molecule has 1 aliphatic rings. The summed E-state index contributed by atoms with van der Waals surface area (Å²) in [6, 6.07) is 16.0. The standard InChI is InChI=1S/C21H24N4O2/c1-26-19-11-5-2-7-15(19)13-22-20-17-9-3-4-10-18(17)24-21(25-20)23-14-16-8-6-12-27-16/h2-5,7,9-11,16H,6,8,12-14H2,1H3,(H2,22,23,24,25). The monoisotopic (exact) mass is 364 g/mol. The number of nitrogens with zero attached hydrogens (tertiary/aromatic N) is 2. The molecule has 1 aromatic heterocycles. The number of ether oxygens (including phenoxy) is 2. The first-order valence-electron chi connectivity index (χ1n) is 9.31. The van der Waals surface area contributed by atoms with Gasteiger partial charge >= 0.3 is 0 Å². The number of hydrogen-bond donors (Lipinski definition) is 2. The third-order valence-corrected chi connectivity index (χ3v) is 4.75. The molecule has 0 saturated carbocycles. The van der Waals surface area contributed by atoms with Crippen molar-refractivity contribution in [2.75, 3.05) is 30.9 Å². The van der Waals surface area contributed by atoms with Gasteiger partial charge in [0.2, 0.25) is 5.95 Å². The summed E-state index contributed by atoms with van der Waals surface area (Å²) < 4.78 is 11.1. The first-order valence-corrected chi connectivity index (χ1v) is 9.31.